The van der Waals surface area contributed by atoms with Crippen LogP contribution in [0.3, 0.4) is 0 Å². The molecule has 4 rings (SSSR count). The van der Waals surface area contributed by atoms with Gasteiger partial charge >= 0.3 is 0 Å². The van der Waals surface area contributed by atoms with Crippen LogP contribution in [-0.2, 0) is 9.59 Å². The molecule has 1 amide bonds. The van der Waals surface area contributed by atoms with E-state index in [1.54, 1.807) is 31.3 Å². The monoisotopic (exact) mass is 439 g/mol. The topological polar surface area (TPSA) is 55.8 Å². The van der Waals surface area contributed by atoms with Crippen molar-refractivity contribution in [1.82, 2.24) is 0 Å². The van der Waals surface area contributed by atoms with Crippen LogP contribution in [0.15, 0.2) is 53.7 Å². The molecule has 0 radical (unpaired) electrons. The third kappa shape index (κ3) is 3.83. The lowest BCUT2D eigenvalue weighted by Gasteiger charge is -2.43. The van der Waals surface area contributed by atoms with Crippen LogP contribution in [0.25, 0.3) is 0 Å². The lowest BCUT2D eigenvalue weighted by atomic mass is 9.69. The van der Waals surface area contributed by atoms with Crippen molar-refractivity contribution in [3.8, 4) is 11.5 Å². The number of amides is 1. The van der Waals surface area contributed by atoms with Gasteiger partial charge < -0.3 is 9.47 Å². The second-order valence-electron chi connectivity index (χ2n) is 8.85. The lowest BCUT2D eigenvalue weighted by Crippen LogP contribution is -2.43. The molecule has 0 N–H and O–H groups in total. The molecule has 2 aromatic rings. The van der Waals surface area contributed by atoms with Gasteiger partial charge in [0.2, 0.25) is 5.91 Å². The summed E-state index contributed by atoms with van der Waals surface area (Å²) in [7, 11) is 3.15. The maximum atomic E-state index is 13.5. The van der Waals surface area contributed by atoms with Crippen LogP contribution in [0.4, 0.5) is 5.69 Å². The summed E-state index contributed by atoms with van der Waals surface area (Å²) in [6.07, 6.45) is 1.25. The Hall–Kier alpha value is -2.79. The second-order valence-corrected chi connectivity index (χ2v) is 9.28. The summed E-state index contributed by atoms with van der Waals surface area (Å²) in [6, 6.07) is 12.8. The van der Waals surface area contributed by atoms with Gasteiger partial charge in [-0.15, -0.1) is 0 Å². The fraction of sp³-hybridized carbons (Fsp3) is 0.360. The smallest absolute Gasteiger partial charge is 0.232 e. The van der Waals surface area contributed by atoms with Crippen LogP contribution in [0, 0.1) is 5.41 Å². The van der Waals surface area contributed by atoms with Gasteiger partial charge in [-0.2, -0.15) is 0 Å². The Morgan fingerprint density at radius 3 is 2.35 bits per heavy atom. The molecule has 0 aromatic heterocycles. The van der Waals surface area contributed by atoms with E-state index in [1.165, 1.54) is 0 Å². The van der Waals surface area contributed by atoms with Gasteiger partial charge in [0.05, 0.1) is 14.2 Å². The molecule has 0 saturated carbocycles. The number of halogens is 1. The number of benzene rings is 2. The second kappa shape index (κ2) is 8.04. The summed E-state index contributed by atoms with van der Waals surface area (Å²) < 4.78 is 11.1. The number of Topliss-reactive ketones (excluding diaryl/α,β-unsaturated/α-hetero) is 1. The Morgan fingerprint density at radius 1 is 1.00 bits per heavy atom. The van der Waals surface area contributed by atoms with E-state index < -0.39 is 0 Å². The fourth-order valence-electron chi connectivity index (χ4n) is 4.76. The molecular weight excluding hydrogens is 414 g/mol. The first-order chi connectivity index (χ1) is 14.8. The first kappa shape index (κ1) is 21.4. The van der Waals surface area contributed by atoms with Gasteiger partial charge in [-0.05, 0) is 42.2 Å². The van der Waals surface area contributed by atoms with Crippen molar-refractivity contribution in [2.24, 2.45) is 5.41 Å². The van der Waals surface area contributed by atoms with E-state index in [4.69, 9.17) is 21.1 Å². The number of carbonyl (C=O) groups excluding carboxylic acids is 2. The third-order valence-electron chi connectivity index (χ3n) is 6.04. The molecule has 162 valence electrons. The number of allylic oxidation sites excluding steroid dienone is 2. The number of hydrogen-bond donors (Lipinski definition) is 0. The predicted molar refractivity (Wildman–Crippen MR) is 121 cm³/mol. The Morgan fingerprint density at radius 2 is 1.71 bits per heavy atom. The van der Waals surface area contributed by atoms with E-state index in [0.717, 1.165) is 16.9 Å². The molecule has 6 heteroatoms. The van der Waals surface area contributed by atoms with E-state index in [0.29, 0.717) is 34.9 Å². The van der Waals surface area contributed by atoms with Crippen LogP contribution in [0.2, 0.25) is 5.02 Å². The highest BCUT2D eigenvalue weighted by Gasteiger charge is 2.45. The molecule has 1 atom stereocenters. The minimum Gasteiger partial charge on any atom is -0.493 e. The summed E-state index contributed by atoms with van der Waals surface area (Å²) in [5.74, 6) is 0.791. The van der Waals surface area contributed by atoms with Crippen LogP contribution >= 0.6 is 11.6 Å². The summed E-state index contributed by atoms with van der Waals surface area (Å²) >= 11 is 6.06. The first-order valence-electron chi connectivity index (χ1n) is 10.3. The molecule has 1 aliphatic carbocycles. The average molecular weight is 440 g/mol. The molecule has 1 heterocycles. The van der Waals surface area contributed by atoms with Gasteiger partial charge in [-0.3, -0.25) is 14.5 Å². The fourth-order valence-corrected chi connectivity index (χ4v) is 4.88. The molecule has 31 heavy (non-hydrogen) atoms. The number of rotatable bonds is 4. The highest BCUT2D eigenvalue weighted by molar-refractivity contribution is 6.30. The number of methoxy groups -OCH3 is 2. The standard InChI is InChI=1S/C25H26ClNO4/c1-25(2)13-19-23(20(28)14-25)18(17-6-5-7-21(30-3)24(17)31-4)12-22(29)27(19)16-10-8-15(26)9-11-16/h5-11,18H,12-14H2,1-4H3/t18-/m1/s1. The largest absolute Gasteiger partial charge is 0.493 e. The summed E-state index contributed by atoms with van der Waals surface area (Å²) in [6.45, 7) is 4.13. The van der Waals surface area contributed by atoms with Crippen LogP contribution in [0.5, 0.6) is 11.5 Å². The minimum atomic E-state index is -0.375. The third-order valence-corrected chi connectivity index (χ3v) is 6.29. The van der Waals surface area contributed by atoms with Crippen molar-refractivity contribution >= 4 is 29.0 Å². The summed E-state index contributed by atoms with van der Waals surface area (Å²) in [4.78, 5) is 28.6. The SMILES string of the molecule is COc1cccc([C@H]2CC(=O)N(c3ccc(Cl)cc3)C3=C2C(=O)CC(C)(C)C3)c1OC. The quantitative estimate of drug-likeness (QED) is 0.629. The molecule has 2 aromatic carbocycles. The number of ketones is 1. The van der Waals surface area contributed by atoms with Crippen molar-refractivity contribution < 1.29 is 19.1 Å². The predicted octanol–water partition coefficient (Wildman–Crippen LogP) is 5.52. The molecule has 1 aliphatic heterocycles. The number of hydrogen-bond acceptors (Lipinski definition) is 4. The van der Waals surface area contributed by atoms with Gasteiger partial charge in [0.1, 0.15) is 0 Å². The van der Waals surface area contributed by atoms with Gasteiger partial charge in [0, 0.05) is 46.3 Å². The van der Waals surface area contributed by atoms with Crippen LogP contribution in [-0.4, -0.2) is 25.9 Å². The molecule has 0 fully saturated rings. The zero-order chi connectivity index (χ0) is 22.3. The van der Waals surface area contributed by atoms with Gasteiger partial charge in [0.25, 0.3) is 0 Å². The van der Waals surface area contributed by atoms with Crippen molar-refractivity contribution in [2.75, 3.05) is 19.1 Å². The first-order valence-corrected chi connectivity index (χ1v) is 10.7. The Labute approximate surface area is 187 Å². The van der Waals surface area contributed by atoms with E-state index in [9.17, 15) is 9.59 Å². The van der Waals surface area contributed by atoms with Gasteiger partial charge in [-0.1, -0.05) is 37.6 Å². The minimum absolute atomic E-state index is 0.0542. The zero-order valence-electron chi connectivity index (χ0n) is 18.2. The molecule has 2 aliphatic rings. The maximum absolute atomic E-state index is 13.5. The average Bonchev–Trinajstić information content (AvgIpc) is 2.72. The Kier molecular flexibility index (Phi) is 5.56. The number of para-hydroxylation sites is 1. The van der Waals surface area contributed by atoms with E-state index in [-0.39, 0.29) is 29.4 Å². The highest BCUT2D eigenvalue weighted by atomic mass is 35.5. The Bertz CT molecular complexity index is 1070. The van der Waals surface area contributed by atoms with Crippen molar-refractivity contribution in [2.45, 2.75) is 39.0 Å². The van der Waals surface area contributed by atoms with Gasteiger partial charge in [0.15, 0.2) is 17.3 Å². The van der Waals surface area contributed by atoms with Crippen LogP contribution in [0.1, 0.15) is 44.6 Å². The van der Waals surface area contributed by atoms with Gasteiger partial charge in [-0.25, -0.2) is 0 Å². The maximum Gasteiger partial charge on any atom is 0.232 e. The normalized spacial score (nSPS) is 20.5. The molecule has 0 saturated heterocycles. The van der Waals surface area contributed by atoms with E-state index in [1.807, 2.05) is 30.3 Å². The Balaban J connectivity index is 1.93. The number of anilines is 1. The van der Waals surface area contributed by atoms with E-state index in [2.05, 4.69) is 13.8 Å². The summed E-state index contributed by atoms with van der Waals surface area (Å²) in [5.41, 5.74) is 2.76. The van der Waals surface area contributed by atoms with Crippen LogP contribution < -0.4 is 14.4 Å². The zero-order valence-corrected chi connectivity index (χ0v) is 19.0. The number of ether oxygens (including phenoxy) is 2. The van der Waals surface area contributed by atoms with Crippen molar-refractivity contribution in [1.29, 1.82) is 0 Å². The molecule has 0 unspecified atom stereocenters. The molecule has 5 nitrogen and oxygen atoms in total. The lowest BCUT2D eigenvalue weighted by molar-refractivity contribution is -0.121. The molecule has 0 spiro atoms. The number of carbonyl (C=O) groups is 2. The molecule has 0 bridgehead atoms. The molecular formula is C25H26ClNO4. The summed E-state index contributed by atoms with van der Waals surface area (Å²) in [5, 5.41) is 0.599. The number of nitrogens with zero attached hydrogens (tertiary/aromatic N) is 1. The van der Waals surface area contributed by atoms with Crippen molar-refractivity contribution in [3.05, 3.63) is 64.3 Å². The van der Waals surface area contributed by atoms with E-state index >= 15 is 0 Å². The highest BCUT2D eigenvalue weighted by Crippen LogP contribution is 2.50. The van der Waals surface area contributed by atoms with Crippen molar-refractivity contribution in [3.63, 3.8) is 0 Å².